The number of likely N-dealkylation sites (tertiary alicyclic amines) is 1. The van der Waals surface area contributed by atoms with E-state index in [0.29, 0.717) is 17.7 Å². The topological polar surface area (TPSA) is 62.3 Å². The van der Waals surface area contributed by atoms with Crippen molar-refractivity contribution in [2.75, 3.05) is 26.2 Å². The Balaban J connectivity index is 1.90. The summed E-state index contributed by atoms with van der Waals surface area (Å²) in [6, 6.07) is 3.59. The summed E-state index contributed by atoms with van der Waals surface area (Å²) in [5.41, 5.74) is 1.87. The molecule has 23 heavy (non-hydrogen) atoms. The van der Waals surface area contributed by atoms with Gasteiger partial charge in [0.15, 0.2) is 0 Å². The summed E-state index contributed by atoms with van der Waals surface area (Å²) < 4.78 is 0. The lowest BCUT2D eigenvalue weighted by molar-refractivity contribution is -0.134. The van der Waals surface area contributed by atoms with E-state index in [1.165, 1.54) is 19.3 Å². The van der Waals surface area contributed by atoms with Crippen LogP contribution in [-0.2, 0) is 9.59 Å². The Labute approximate surface area is 137 Å². The molecule has 1 fully saturated rings. The molecule has 5 nitrogen and oxygen atoms in total. The van der Waals surface area contributed by atoms with E-state index >= 15 is 0 Å². The number of nitrogens with one attached hydrogen (secondary N) is 1. The Morgan fingerprint density at radius 1 is 1.30 bits per heavy atom. The number of carbonyl (C=O) groups is 2. The van der Waals surface area contributed by atoms with Gasteiger partial charge >= 0.3 is 0 Å². The largest absolute Gasteiger partial charge is 0.348 e. The van der Waals surface area contributed by atoms with Crippen molar-refractivity contribution < 1.29 is 9.59 Å². The number of aryl methyl sites for hydroxylation is 1. The molecule has 5 heteroatoms. The van der Waals surface area contributed by atoms with Crippen LogP contribution in [0.1, 0.15) is 37.4 Å². The molecule has 0 bridgehead atoms. The van der Waals surface area contributed by atoms with Crippen molar-refractivity contribution in [2.24, 2.45) is 0 Å². The molecule has 124 valence electrons. The molecule has 1 amide bonds. The van der Waals surface area contributed by atoms with Gasteiger partial charge in [-0.3, -0.25) is 14.6 Å². The van der Waals surface area contributed by atoms with E-state index < -0.39 is 11.7 Å². The van der Waals surface area contributed by atoms with Gasteiger partial charge in [0.25, 0.3) is 5.91 Å². The summed E-state index contributed by atoms with van der Waals surface area (Å²) in [5.74, 6) is -1.04. The van der Waals surface area contributed by atoms with Crippen LogP contribution >= 0.6 is 0 Å². The first-order chi connectivity index (χ1) is 11.1. The van der Waals surface area contributed by atoms with Gasteiger partial charge in [-0.05, 0) is 45.8 Å². The molecule has 2 heterocycles. The zero-order valence-electron chi connectivity index (χ0n) is 14.0. The van der Waals surface area contributed by atoms with Gasteiger partial charge in [0, 0.05) is 36.1 Å². The van der Waals surface area contributed by atoms with Crippen LogP contribution in [-0.4, -0.2) is 47.8 Å². The van der Waals surface area contributed by atoms with E-state index in [0.717, 1.165) is 25.3 Å². The predicted octanol–water partition coefficient (Wildman–Crippen LogP) is 1.96. The molecule has 1 saturated heterocycles. The number of ketones is 1. The van der Waals surface area contributed by atoms with Crippen LogP contribution in [0.5, 0.6) is 0 Å². The monoisotopic (exact) mass is 315 g/mol. The highest BCUT2D eigenvalue weighted by molar-refractivity contribution is 6.53. The summed E-state index contributed by atoms with van der Waals surface area (Å²) in [4.78, 5) is 31.0. The number of aromatic nitrogens is 1. The standard InChI is InChI=1S/C18H25N3O2/c1-3-15(16-8-7-9-19-14(16)2)17(22)18(23)20-10-13-21-11-5-4-6-12-21/h3,7-9H,4-6,10-13H2,1-2H3,(H,20,23)/b15-3+. The lowest BCUT2D eigenvalue weighted by atomic mass is 10.00. The predicted molar refractivity (Wildman–Crippen MR) is 90.9 cm³/mol. The molecule has 0 saturated carbocycles. The Kier molecular flexibility index (Phi) is 6.47. The van der Waals surface area contributed by atoms with Gasteiger partial charge in [-0.1, -0.05) is 18.6 Å². The first kappa shape index (κ1) is 17.3. The zero-order valence-corrected chi connectivity index (χ0v) is 14.0. The minimum atomic E-state index is -0.543. The first-order valence-corrected chi connectivity index (χ1v) is 8.26. The van der Waals surface area contributed by atoms with Gasteiger partial charge in [-0.25, -0.2) is 0 Å². The molecule has 1 aliphatic rings. The molecule has 1 aliphatic heterocycles. The summed E-state index contributed by atoms with van der Waals surface area (Å²) in [6.07, 6.45) is 7.08. The minimum absolute atomic E-state index is 0.408. The van der Waals surface area contributed by atoms with Crippen molar-refractivity contribution in [3.63, 3.8) is 0 Å². The summed E-state index contributed by atoms with van der Waals surface area (Å²) in [7, 11) is 0. The van der Waals surface area contributed by atoms with Gasteiger partial charge in [0.05, 0.1) is 0 Å². The second kappa shape index (κ2) is 8.58. The van der Waals surface area contributed by atoms with Gasteiger partial charge < -0.3 is 10.2 Å². The Morgan fingerprint density at radius 3 is 2.70 bits per heavy atom. The summed E-state index contributed by atoms with van der Waals surface area (Å²) >= 11 is 0. The number of pyridine rings is 1. The minimum Gasteiger partial charge on any atom is -0.348 e. The van der Waals surface area contributed by atoms with Crippen molar-refractivity contribution in [3.05, 3.63) is 35.7 Å². The van der Waals surface area contributed by atoms with Crippen LogP contribution in [0.25, 0.3) is 5.57 Å². The molecule has 0 radical (unpaired) electrons. The maximum atomic E-state index is 12.4. The van der Waals surface area contributed by atoms with Crippen molar-refractivity contribution >= 4 is 17.3 Å². The zero-order chi connectivity index (χ0) is 16.7. The Morgan fingerprint density at radius 2 is 2.04 bits per heavy atom. The fourth-order valence-electron chi connectivity index (χ4n) is 2.89. The maximum Gasteiger partial charge on any atom is 0.292 e. The smallest absolute Gasteiger partial charge is 0.292 e. The lowest BCUT2D eigenvalue weighted by Gasteiger charge is -2.26. The molecule has 0 unspecified atom stereocenters. The van der Waals surface area contributed by atoms with E-state index in [-0.39, 0.29) is 0 Å². The van der Waals surface area contributed by atoms with Crippen molar-refractivity contribution in [3.8, 4) is 0 Å². The molecular formula is C18H25N3O2. The molecule has 0 atom stereocenters. The van der Waals surface area contributed by atoms with Crippen molar-refractivity contribution in [2.45, 2.75) is 33.1 Å². The number of nitrogens with zero attached hydrogens (tertiary/aromatic N) is 2. The first-order valence-electron chi connectivity index (χ1n) is 8.26. The van der Waals surface area contributed by atoms with E-state index in [1.54, 1.807) is 25.3 Å². The van der Waals surface area contributed by atoms with Crippen LogP contribution in [0, 0.1) is 6.92 Å². The normalized spacial score (nSPS) is 16.2. The number of piperidine rings is 1. The molecule has 1 N–H and O–H groups in total. The van der Waals surface area contributed by atoms with E-state index in [2.05, 4.69) is 15.2 Å². The van der Waals surface area contributed by atoms with Crippen LogP contribution in [0.2, 0.25) is 0 Å². The second-order valence-corrected chi connectivity index (χ2v) is 5.83. The van der Waals surface area contributed by atoms with E-state index in [4.69, 9.17) is 0 Å². The van der Waals surface area contributed by atoms with Crippen LogP contribution < -0.4 is 5.32 Å². The fraction of sp³-hybridized carbons (Fsp3) is 0.500. The average molecular weight is 315 g/mol. The van der Waals surface area contributed by atoms with Crippen LogP contribution in [0.4, 0.5) is 0 Å². The average Bonchev–Trinajstić information content (AvgIpc) is 2.58. The molecule has 0 aromatic carbocycles. The summed E-state index contributed by atoms with van der Waals surface area (Å²) in [5, 5.41) is 2.74. The highest BCUT2D eigenvalue weighted by Gasteiger charge is 2.21. The van der Waals surface area contributed by atoms with Gasteiger partial charge in [-0.15, -0.1) is 0 Å². The van der Waals surface area contributed by atoms with Crippen LogP contribution in [0.3, 0.4) is 0 Å². The molecular weight excluding hydrogens is 290 g/mol. The number of allylic oxidation sites excluding steroid dienone is 1. The SMILES string of the molecule is C/C=C(/C(=O)C(=O)NCCN1CCCCC1)c1cccnc1C. The third kappa shape index (κ3) is 4.73. The number of hydrogen-bond acceptors (Lipinski definition) is 4. The Bertz CT molecular complexity index is 590. The van der Waals surface area contributed by atoms with Gasteiger partial charge in [0.2, 0.25) is 5.78 Å². The number of amides is 1. The molecule has 1 aromatic heterocycles. The van der Waals surface area contributed by atoms with Gasteiger partial charge in [0.1, 0.15) is 0 Å². The second-order valence-electron chi connectivity index (χ2n) is 5.83. The highest BCUT2D eigenvalue weighted by Crippen LogP contribution is 2.18. The van der Waals surface area contributed by atoms with Gasteiger partial charge in [-0.2, -0.15) is 0 Å². The maximum absolute atomic E-state index is 12.4. The molecule has 0 aliphatic carbocycles. The molecule has 0 spiro atoms. The number of rotatable bonds is 6. The molecule has 1 aromatic rings. The molecule has 2 rings (SSSR count). The van der Waals surface area contributed by atoms with Crippen molar-refractivity contribution in [1.82, 2.24) is 15.2 Å². The number of carbonyl (C=O) groups excluding carboxylic acids is 2. The number of hydrogen-bond donors (Lipinski definition) is 1. The highest BCUT2D eigenvalue weighted by atomic mass is 16.2. The third-order valence-electron chi connectivity index (χ3n) is 4.20. The van der Waals surface area contributed by atoms with Crippen LogP contribution in [0.15, 0.2) is 24.4 Å². The fourth-order valence-corrected chi connectivity index (χ4v) is 2.89. The Hall–Kier alpha value is -2.01. The number of Topliss-reactive ketones (excluding diaryl/α,β-unsaturated/α-hetero) is 1. The quantitative estimate of drug-likeness (QED) is 0.644. The van der Waals surface area contributed by atoms with E-state index in [9.17, 15) is 9.59 Å². The summed E-state index contributed by atoms with van der Waals surface area (Å²) in [6.45, 7) is 7.07. The van der Waals surface area contributed by atoms with E-state index in [1.807, 2.05) is 13.0 Å². The third-order valence-corrected chi connectivity index (χ3v) is 4.20. The lowest BCUT2D eigenvalue weighted by Crippen LogP contribution is -2.40. The van der Waals surface area contributed by atoms with Crippen molar-refractivity contribution in [1.29, 1.82) is 0 Å².